The van der Waals surface area contributed by atoms with Gasteiger partial charge in [-0.05, 0) is 62.2 Å². The number of nitrogens with one attached hydrogen (secondary N) is 1. The molecule has 0 aliphatic rings. The molecule has 0 aliphatic heterocycles. The maximum absolute atomic E-state index is 12.6. The molecule has 7 nitrogen and oxygen atoms in total. The number of carboxylic acids is 1. The van der Waals surface area contributed by atoms with Crippen LogP contribution in [0.25, 0.3) is 0 Å². The topological polar surface area (TPSA) is 99.6 Å². The Morgan fingerprint density at radius 1 is 1.20 bits per heavy atom. The van der Waals surface area contributed by atoms with Crippen LogP contribution < -0.4 is 4.72 Å². The lowest BCUT2D eigenvalue weighted by atomic mass is 10.1. The number of aliphatic carboxylic acids is 1. The number of sulfonamides is 1. The molecule has 2 rings (SSSR count). The summed E-state index contributed by atoms with van der Waals surface area (Å²) in [7, 11) is -3.65. The average molecular weight is 454 g/mol. The Kier molecular flexibility index (Phi) is 9.71. The summed E-state index contributed by atoms with van der Waals surface area (Å²) in [4.78, 5) is 17.1. The zero-order chi connectivity index (χ0) is 22.0. The molecular weight excluding hydrogens is 426 g/mol. The molecule has 2 N–H and O–H groups in total. The minimum atomic E-state index is -3.65. The molecule has 2 aromatic rings. The number of carboxylic acid groups (broad SMARTS) is 1. The van der Waals surface area contributed by atoms with E-state index in [1.807, 2.05) is 19.1 Å². The van der Waals surface area contributed by atoms with E-state index in [0.717, 1.165) is 24.9 Å². The Morgan fingerprint density at radius 3 is 2.57 bits per heavy atom. The van der Waals surface area contributed by atoms with E-state index in [9.17, 15) is 13.2 Å². The zero-order valence-corrected chi connectivity index (χ0v) is 18.6. The SMILES string of the molecule is CC(CN(CCCCCC(=O)O)Cc1cccnc1)NS(=O)(=O)c1ccc(Cl)cc1. The van der Waals surface area contributed by atoms with Crippen molar-refractivity contribution >= 4 is 27.6 Å². The lowest BCUT2D eigenvalue weighted by molar-refractivity contribution is -0.137. The van der Waals surface area contributed by atoms with Crippen LogP contribution in [0.1, 0.15) is 38.2 Å². The molecule has 1 aromatic carbocycles. The third-order valence-electron chi connectivity index (χ3n) is 4.51. The van der Waals surface area contributed by atoms with Crippen molar-refractivity contribution in [2.75, 3.05) is 13.1 Å². The first-order chi connectivity index (χ1) is 14.3. The number of rotatable bonds is 13. The van der Waals surface area contributed by atoms with Crippen molar-refractivity contribution in [3.05, 3.63) is 59.4 Å². The van der Waals surface area contributed by atoms with Gasteiger partial charge in [0.1, 0.15) is 0 Å². The first-order valence-corrected chi connectivity index (χ1v) is 11.7. The van der Waals surface area contributed by atoms with E-state index in [4.69, 9.17) is 16.7 Å². The van der Waals surface area contributed by atoms with Gasteiger partial charge in [-0.25, -0.2) is 13.1 Å². The van der Waals surface area contributed by atoms with E-state index < -0.39 is 16.0 Å². The molecule has 0 saturated carbocycles. The maximum atomic E-state index is 12.6. The number of halogens is 1. The number of unbranched alkanes of at least 4 members (excludes halogenated alkanes) is 2. The van der Waals surface area contributed by atoms with Gasteiger partial charge in [-0.1, -0.05) is 24.1 Å². The van der Waals surface area contributed by atoms with Gasteiger partial charge < -0.3 is 5.11 Å². The number of hydrogen-bond donors (Lipinski definition) is 2. The summed E-state index contributed by atoms with van der Waals surface area (Å²) in [5.74, 6) is -0.785. The Balaban J connectivity index is 1.96. The lowest BCUT2D eigenvalue weighted by Crippen LogP contribution is -2.42. The summed E-state index contributed by atoms with van der Waals surface area (Å²) in [6.07, 6.45) is 5.95. The molecule has 30 heavy (non-hydrogen) atoms. The minimum absolute atomic E-state index is 0.167. The quantitative estimate of drug-likeness (QED) is 0.450. The van der Waals surface area contributed by atoms with Crippen LogP contribution in [0.3, 0.4) is 0 Å². The molecule has 0 radical (unpaired) electrons. The second kappa shape index (κ2) is 12.0. The number of hydrogen-bond acceptors (Lipinski definition) is 5. The molecule has 0 aliphatic carbocycles. The third-order valence-corrected chi connectivity index (χ3v) is 6.36. The van der Waals surface area contributed by atoms with Crippen LogP contribution in [-0.2, 0) is 21.4 Å². The maximum Gasteiger partial charge on any atom is 0.303 e. The fourth-order valence-electron chi connectivity index (χ4n) is 3.14. The molecule has 0 amide bonds. The molecule has 1 atom stereocenters. The van der Waals surface area contributed by atoms with Crippen molar-refractivity contribution in [2.24, 2.45) is 0 Å². The fraction of sp³-hybridized carbons (Fsp3) is 0.429. The average Bonchev–Trinajstić information content (AvgIpc) is 2.68. The Hall–Kier alpha value is -2.00. The van der Waals surface area contributed by atoms with E-state index >= 15 is 0 Å². The predicted molar refractivity (Wildman–Crippen MR) is 117 cm³/mol. The second-order valence-electron chi connectivity index (χ2n) is 7.28. The fourth-order valence-corrected chi connectivity index (χ4v) is 4.51. The zero-order valence-electron chi connectivity index (χ0n) is 17.0. The summed E-state index contributed by atoms with van der Waals surface area (Å²) in [5, 5.41) is 9.24. The van der Waals surface area contributed by atoms with Crippen LogP contribution in [0, 0.1) is 0 Å². The molecule has 9 heteroatoms. The van der Waals surface area contributed by atoms with Crippen LogP contribution in [0.2, 0.25) is 5.02 Å². The van der Waals surface area contributed by atoms with Crippen molar-refractivity contribution in [3.8, 4) is 0 Å². The van der Waals surface area contributed by atoms with Crippen LogP contribution in [0.15, 0.2) is 53.7 Å². The molecule has 164 valence electrons. The van der Waals surface area contributed by atoms with Gasteiger partial charge in [-0.2, -0.15) is 0 Å². The van der Waals surface area contributed by atoms with Gasteiger partial charge in [0.05, 0.1) is 4.90 Å². The summed E-state index contributed by atoms with van der Waals surface area (Å²) in [6, 6.07) is 9.58. The van der Waals surface area contributed by atoms with E-state index in [1.165, 1.54) is 12.1 Å². The van der Waals surface area contributed by atoms with E-state index in [-0.39, 0.29) is 17.4 Å². The van der Waals surface area contributed by atoms with Crippen LogP contribution in [0.4, 0.5) is 0 Å². The predicted octanol–water partition coefficient (Wildman–Crippen LogP) is 3.55. The van der Waals surface area contributed by atoms with Crippen LogP contribution in [0.5, 0.6) is 0 Å². The summed E-state index contributed by atoms with van der Waals surface area (Å²) in [5.41, 5.74) is 1.04. The molecular formula is C21H28ClN3O4S. The van der Waals surface area contributed by atoms with Gasteiger partial charge >= 0.3 is 5.97 Å². The first kappa shape index (κ1) is 24.3. The highest BCUT2D eigenvalue weighted by Gasteiger charge is 2.19. The molecule has 1 unspecified atom stereocenters. The number of pyridine rings is 1. The molecule has 1 heterocycles. The van der Waals surface area contributed by atoms with E-state index in [2.05, 4.69) is 14.6 Å². The van der Waals surface area contributed by atoms with Gasteiger partial charge in [0.2, 0.25) is 10.0 Å². The highest BCUT2D eigenvalue weighted by Crippen LogP contribution is 2.15. The molecule has 1 aromatic heterocycles. The van der Waals surface area contributed by atoms with Gasteiger partial charge in [-0.15, -0.1) is 0 Å². The van der Waals surface area contributed by atoms with Gasteiger partial charge in [0.25, 0.3) is 0 Å². The summed E-state index contributed by atoms with van der Waals surface area (Å²) in [6.45, 7) is 3.72. The number of nitrogens with zero attached hydrogens (tertiary/aromatic N) is 2. The largest absolute Gasteiger partial charge is 0.481 e. The number of carbonyl (C=O) groups is 1. The van der Waals surface area contributed by atoms with Crippen molar-refractivity contribution < 1.29 is 18.3 Å². The Bertz CT molecular complexity index is 892. The third kappa shape index (κ3) is 8.79. The second-order valence-corrected chi connectivity index (χ2v) is 9.43. The van der Waals surface area contributed by atoms with Crippen molar-refractivity contribution in [3.63, 3.8) is 0 Å². The van der Waals surface area contributed by atoms with Crippen LogP contribution >= 0.6 is 11.6 Å². The highest BCUT2D eigenvalue weighted by atomic mass is 35.5. The van der Waals surface area contributed by atoms with E-state index in [1.54, 1.807) is 24.5 Å². The lowest BCUT2D eigenvalue weighted by Gasteiger charge is -2.26. The first-order valence-electron chi connectivity index (χ1n) is 9.87. The molecule has 0 spiro atoms. The molecule has 0 fully saturated rings. The molecule has 0 saturated heterocycles. The van der Waals surface area contributed by atoms with Crippen molar-refractivity contribution in [1.29, 1.82) is 0 Å². The minimum Gasteiger partial charge on any atom is -0.481 e. The summed E-state index contributed by atoms with van der Waals surface area (Å²) >= 11 is 5.84. The summed E-state index contributed by atoms with van der Waals surface area (Å²) < 4.78 is 28.0. The van der Waals surface area contributed by atoms with Gasteiger partial charge in [0.15, 0.2) is 0 Å². The van der Waals surface area contributed by atoms with Gasteiger partial charge in [-0.3, -0.25) is 14.7 Å². The number of aromatic nitrogens is 1. The van der Waals surface area contributed by atoms with Crippen molar-refractivity contribution in [1.82, 2.24) is 14.6 Å². The number of benzene rings is 1. The van der Waals surface area contributed by atoms with Gasteiger partial charge in [0, 0.05) is 43.0 Å². The molecule has 0 bridgehead atoms. The Labute approximate surface area is 183 Å². The smallest absolute Gasteiger partial charge is 0.303 e. The normalized spacial score (nSPS) is 12.8. The van der Waals surface area contributed by atoms with E-state index in [0.29, 0.717) is 24.5 Å². The monoisotopic (exact) mass is 453 g/mol. The highest BCUT2D eigenvalue weighted by molar-refractivity contribution is 7.89. The Morgan fingerprint density at radius 2 is 1.93 bits per heavy atom. The van der Waals surface area contributed by atoms with Crippen molar-refractivity contribution in [2.45, 2.75) is 50.1 Å². The van der Waals surface area contributed by atoms with Crippen LogP contribution in [-0.4, -0.2) is 48.5 Å². The standard InChI is InChI=1S/C21H28ClN3O4S/c1-17(24-30(28,29)20-10-8-19(22)9-11-20)15-25(13-4-2-3-7-21(26)27)16-18-6-5-12-23-14-18/h5-6,8-12,14,17,24H,2-4,7,13,15-16H2,1H3,(H,26,27).